The number of nitrogens with two attached hydrogens (primary N) is 1. The molecule has 0 bridgehead atoms. The number of amides is 1. The Bertz CT molecular complexity index is 308. The number of anilines is 1. The maximum atomic E-state index is 11.3. The molecule has 3 nitrogen and oxygen atoms in total. The second kappa shape index (κ2) is 3.94. The van der Waals surface area contributed by atoms with Crippen LogP contribution in [0, 0.1) is 0 Å². The molecule has 0 spiro atoms. The first-order valence-electron chi connectivity index (χ1n) is 4.14. The molecule has 1 amide bonds. The Balaban J connectivity index is 2.69. The van der Waals surface area contributed by atoms with Crippen molar-refractivity contribution >= 4 is 11.6 Å². The molecular weight excluding hydrogens is 164 g/mol. The van der Waals surface area contributed by atoms with Gasteiger partial charge in [0.1, 0.15) is 0 Å². The number of nitrogens with zero attached hydrogens (tertiary/aromatic N) is 1. The van der Waals surface area contributed by atoms with Gasteiger partial charge in [0, 0.05) is 19.8 Å². The minimum absolute atomic E-state index is 0.0885. The van der Waals surface area contributed by atoms with Gasteiger partial charge < -0.3 is 10.6 Å². The van der Waals surface area contributed by atoms with Gasteiger partial charge in [-0.2, -0.15) is 0 Å². The van der Waals surface area contributed by atoms with Crippen LogP contribution in [0.25, 0.3) is 0 Å². The number of nitrogen functional groups attached to an aromatic ring is 1. The molecule has 0 aromatic heterocycles. The lowest BCUT2D eigenvalue weighted by molar-refractivity contribution is -0.127. The predicted molar refractivity (Wildman–Crippen MR) is 53.3 cm³/mol. The molecule has 1 rings (SSSR count). The lowest BCUT2D eigenvalue weighted by Gasteiger charge is -2.09. The van der Waals surface area contributed by atoms with Crippen molar-refractivity contribution in [3.63, 3.8) is 0 Å². The van der Waals surface area contributed by atoms with Crippen LogP contribution in [0.1, 0.15) is 5.56 Å². The first-order chi connectivity index (χ1) is 6.09. The fourth-order valence-corrected chi connectivity index (χ4v) is 1.04. The van der Waals surface area contributed by atoms with Gasteiger partial charge in [0.05, 0.1) is 6.42 Å². The molecule has 0 unspecified atom stereocenters. The molecule has 0 heterocycles. The van der Waals surface area contributed by atoms with E-state index in [1.54, 1.807) is 19.0 Å². The van der Waals surface area contributed by atoms with Crippen molar-refractivity contribution < 1.29 is 4.79 Å². The van der Waals surface area contributed by atoms with Gasteiger partial charge in [-0.05, 0) is 17.7 Å². The zero-order valence-electron chi connectivity index (χ0n) is 7.95. The summed E-state index contributed by atoms with van der Waals surface area (Å²) in [6.45, 7) is 0. The number of rotatable bonds is 2. The van der Waals surface area contributed by atoms with Crippen LogP contribution in [0.2, 0.25) is 0 Å². The molecule has 3 heteroatoms. The van der Waals surface area contributed by atoms with Crippen molar-refractivity contribution in [3.8, 4) is 0 Å². The molecule has 1 aromatic carbocycles. The zero-order valence-corrected chi connectivity index (χ0v) is 7.95. The summed E-state index contributed by atoms with van der Waals surface area (Å²) in [6, 6.07) is 7.39. The molecule has 0 radical (unpaired) electrons. The van der Waals surface area contributed by atoms with E-state index in [0.717, 1.165) is 5.56 Å². The van der Waals surface area contributed by atoms with Crippen LogP contribution in [-0.4, -0.2) is 24.9 Å². The molecular formula is C10H14N2O. The van der Waals surface area contributed by atoms with E-state index in [1.807, 2.05) is 24.3 Å². The van der Waals surface area contributed by atoms with Gasteiger partial charge in [0.15, 0.2) is 0 Å². The number of carbonyl (C=O) groups is 1. The number of hydrogen-bond donors (Lipinski definition) is 1. The fraction of sp³-hybridized carbons (Fsp3) is 0.300. The summed E-state index contributed by atoms with van der Waals surface area (Å²) in [5, 5.41) is 0. The van der Waals surface area contributed by atoms with Crippen molar-refractivity contribution in [3.05, 3.63) is 29.8 Å². The van der Waals surface area contributed by atoms with Crippen LogP contribution >= 0.6 is 0 Å². The maximum Gasteiger partial charge on any atom is 0.226 e. The minimum atomic E-state index is 0.0885. The normalized spacial score (nSPS) is 9.69. The Hall–Kier alpha value is -1.51. The highest BCUT2D eigenvalue weighted by Crippen LogP contribution is 2.07. The van der Waals surface area contributed by atoms with Crippen molar-refractivity contribution in [2.75, 3.05) is 19.8 Å². The monoisotopic (exact) mass is 178 g/mol. The van der Waals surface area contributed by atoms with Crippen LogP contribution in [0.15, 0.2) is 24.3 Å². The van der Waals surface area contributed by atoms with Crippen LogP contribution in [0.5, 0.6) is 0 Å². The lowest BCUT2D eigenvalue weighted by Crippen LogP contribution is -2.23. The third-order valence-electron chi connectivity index (χ3n) is 1.81. The first kappa shape index (κ1) is 9.58. The molecule has 0 saturated heterocycles. The van der Waals surface area contributed by atoms with Gasteiger partial charge in [-0.15, -0.1) is 0 Å². The van der Waals surface area contributed by atoms with Gasteiger partial charge >= 0.3 is 0 Å². The summed E-state index contributed by atoms with van der Waals surface area (Å²) in [5.41, 5.74) is 7.24. The number of hydrogen-bond acceptors (Lipinski definition) is 2. The van der Waals surface area contributed by atoms with Crippen molar-refractivity contribution in [2.45, 2.75) is 6.42 Å². The molecule has 0 atom stereocenters. The Kier molecular flexibility index (Phi) is 2.90. The van der Waals surface area contributed by atoms with E-state index >= 15 is 0 Å². The predicted octanol–water partition coefficient (Wildman–Crippen LogP) is 0.899. The van der Waals surface area contributed by atoms with Crippen molar-refractivity contribution in [1.82, 2.24) is 4.90 Å². The van der Waals surface area contributed by atoms with Gasteiger partial charge in [-0.25, -0.2) is 0 Å². The highest BCUT2D eigenvalue weighted by molar-refractivity contribution is 5.78. The Morgan fingerprint density at radius 1 is 1.46 bits per heavy atom. The van der Waals surface area contributed by atoms with Gasteiger partial charge in [-0.3, -0.25) is 4.79 Å². The summed E-state index contributed by atoms with van der Waals surface area (Å²) in [5.74, 6) is 0.0885. The largest absolute Gasteiger partial charge is 0.399 e. The summed E-state index contributed by atoms with van der Waals surface area (Å²) in [4.78, 5) is 12.9. The van der Waals surface area contributed by atoms with E-state index in [4.69, 9.17) is 5.73 Å². The van der Waals surface area contributed by atoms with Crippen molar-refractivity contribution in [2.24, 2.45) is 0 Å². The van der Waals surface area contributed by atoms with E-state index in [9.17, 15) is 4.79 Å². The third-order valence-corrected chi connectivity index (χ3v) is 1.81. The Labute approximate surface area is 78.2 Å². The molecule has 0 aliphatic heterocycles. The van der Waals surface area contributed by atoms with Crippen LogP contribution in [-0.2, 0) is 11.2 Å². The summed E-state index contributed by atoms with van der Waals surface area (Å²) >= 11 is 0. The summed E-state index contributed by atoms with van der Waals surface area (Å²) in [7, 11) is 3.49. The van der Waals surface area contributed by atoms with Gasteiger partial charge in [0.25, 0.3) is 0 Å². The van der Waals surface area contributed by atoms with Crippen molar-refractivity contribution in [1.29, 1.82) is 0 Å². The average Bonchev–Trinajstić information content (AvgIpc) is 2.04. The number of benzene rings is 1. The summed E-state index contributed by atoms with van der Waals surface area (Å²) < 4.78 is 0. The molecule has 2 N–H and O–H groups in total. The second-order valence-electron chi connectivity index (χ2n) is 3.21. The third kappa shape index (κ3) is 2.78. The van der Waals surface area contributed by atoms with Gasteiger partial charge in [-0.1, -0.05) is 12.1 Å². The van der Waals surface area contributed by atoms with Crippen LogP contribution in [0.3, 0.4) is 0 Å². The zero-order chi connectivity index (χ0) is 9.84. The quantitative estimate of drug-likeness (QED) is 0.684. The Morgan fingerprint density at radius 2 is 2.15 bits per heavy atom. The molecule has 1 aromatic rings. The summed E-state index contributed by atoms with van der Waals surface area (Å²) in [6.07, 6.45) is 0.415. The van der Waals surface area contributed by atoms with E-state index < -0.39 is 0 Å². The first-order valence-corrected chi connectivity index (χ1v) is 4.14. The highest BCUT2D eigenvalue weighted by Gasteiger charge is 2.04. The average molecular weight is 178 g/mol. The highest BCUT2D eigenvalue weighted by atomic mass is 16.2. The molecule has 0 aliphatic carbocycles. The number of carbonyl (C=O) groups excluding carboxylic acids is 1. The van der Waals surface area contributed by atoms with E-state index in [0.29, 0.717) is 12.1 Å². The smallest absolute Gasteiger partial charge is 0.226 e. The second-order valence-corrected chi connectivity index (χ2v) is 3.21. The molecule has 70 valence electrons. The molecule has 0 fully saturated rings. The van der Waals surface area contributed by atoms with Crippen LogP contribution in [0.4, 0.5) is 5.69 Å². The Morgan fingerprint density at radius 3 is 2.69 bits per heavy atom. The number of likely N-dealkylation sites (N-methyl/N-ethyl adjacent to an activating group) is 1. The maximum absolute atomic E-state index is 11.3. The fourth-order valence-electron chi connectivity index (χ4n) is 1.04. The van der Waals surface area contributed by atoms with Crippen LogP contribution < -0.4 is 5.73 Å². The molecule has 0 saturated carbocycles. The standard InChI is InChI=1S/C10H14N2O/c1-12(2)10(13)7-8-4-3-5-9(11)6-8/h3-6H,7,11H2,1-2H3. The minimum Gasteiger partial charge on any atom is -0.399 e. The lowest BCUT2D eigenvalue weighted by atomic mass is 10.1. The van der Waals surface area contributed by atoms with E-state index in [-0.39, 0.29) is 5.91 Å². The SMILES string of the molecule is CN(C)C(=O)Cc1cccc(N)c1. The molecule has 0 aliphatic rings. The van der Waals surface area contributed by atoms with E-state index in [2.05, 4.69) is 0 Å². The topological polar surface area (TPSA) is 46.3 Å². The molecule has 13 heavy (non-hydrogen) atoms. The van der Waals surface area contributed by atoms with Gasteiger partial charge in [0.2, 0.25) is 5.91 Å². The van der Waals surface area contributed by atoms with E-state index in [1.165, 1.54) is 0 Å².